The van der Waals surface area contributed by atoms with Gasteiger partial charge < -0.3 is 14.3 Å². The Bertz CT molecular complexity index is 823. The number of rotatable bonds is 5. The number of ether oxygens (including phenoxy) is 1. The number of non-ortho nitro benzene ring substituents is 1. The Morgan fingerprint density at radius 1 is 1.38 bits per heavy atom. The van der Waals surface area contributed by atoms with Crippen LogP contribution in [0.2, 0.25) is 0 Å². The van der Waals surface area contributed by atoms with Crippen molar-refractivity contribution in [3.8, 4) is 5.75 Å². The maximum absolute atomic E-state index is 11.8. The van der Waals surface area contributed by atoms with Crippen LogP contribution in [0, 0.1) is 17.0 Å². The third-order valence-corrected chi connectivity index (χ3v) is 3.49. The fourth-order valence-corrected chi connectivity index (χ4v) is 2.30. The molecule has 0 aliphatic rings. The number of aromatic hydroxyl groups is 1. The fraction of sp³-hybridized carbons (Fsp3) is 0.250. The summed E-state index contributed by atoms with van der Waals surface area (Å²) in [6.45, 7) is 1.54. The molecule has 0 aliphatic carbocycles. The summed E-state index contributed by atoms with van der Waals surface area (Å²) in [7, 11) is 1.21. The predicted molar refractivity (Wildman–Crippen MR) is 83.0 cm³/mol. The molecule has 0 spiro atoms. The molecule has 1 N–H and O–H groups in total. The van der Waals surface area contributed by atoms with E-state index < -0.39 is 28.0 Å². The van der Waals surface area contributed by atoms with Crippen LogP contribution in [0.4, 0.5) is 5.69 Å². The smallest absolute Gasteiger partial charge is 0.306 e. The second kappa shape index (κ2) is 6.95. The first-order chi connectivity index (χ1) is 11.3. The number of esters is 1. The van der Waals surface area contributed by atoms with Crippen LogP contribution in [-0.4, -0.2) is 23.1 Å². The van der Waals surface area contributed by atoms with Gasteiger partial charge in [-0.1, -0.05) is 12.1 Å². The monoisotopic (exact) mass is 333 g/mol. The Hall–Kier alpha value is -3.16. The number of benzene rings is 1. The summed E-state index contributed by atoms with van der Waals surface area (Å²) in [5, 5.41) is 20.8. The average Bonchev–Trinajstić information content (AvgIpc) is 2.56. The van der Waals surface area contributed by atoms with Crippen molar-refractivity contribution < 1.29 is 24.0 Å². The Balaban J connectivity index is 2.55. The highest BCUT2D eigenvalue weighted by Gasteiger charge is 2.26. The Morgan fingerprint density at radius 3 is 2.54 bits per heavy atom. The third kappa shape index (κ3) is 3.60. The van der Waals surface area contributed by atoms with Crippen molar-refractivity contribution in [1.82, 2.24) is 0 Å². The fourth-order valence-electron chi connectivity index (χ4n) is 2.30. The number of aryl methyl sites for hydroxylation is 1. The van der Waals surface area contributed by atoms with Crippen molar-refractivity contribution in [2.24, 2.45) is 0 Å². The molecule has 126 valence electrons. The zero-order valence-corrected chi connectivity index (χ0v) is 13.0. The Labute approximate surface area is 136 Å². The molecule has 0 amide bonds. The van der Waals surface area contributed by atoms with E-state index in [-0.39, 0.29) is 23.6 Å². The summed E-state index contributed by atoms with van der Waals surface area (Å²) >= 11 is 0. The molecule has 8 heteroatoms. The van der Waals surface area contributed by atoms with E-state index in [1.807, 2.05) is 0 Å². The minimum atomic E-state index is -0.814. The van der Waals surface area contributed by atoms with Crippen LogP contribution in [0.5, 0.6) is 5.75 Å². The number of hydrogen-bond donors (Lipinski definition) is 1. The standard InChI is InChI=1S/C16H15NO7/c1-9-7-13(18)15(20)16(24-9)12(8-14(19)23-2)10-3-5-11(6-4-10)17(21)22/h3-7,12,20H,8H2,1-2H3. The number of methoxy groups -OCH3 is 1. The first-order valence-corrected chi connectivity index (χ1v) is 6.98. The number of carbonyl (C=O) groups excluding carboxylic acids is 1. The van der Waals surface area contributed by atoms with Crippen molar-refractivity contribution >= 4 is 11.7 Å². The number of nitro groups is 1. The largest absolute Gasteiger partial charge is 0.502 e. The van der Waals surface area contributed by atoms with Gasteiger partial charge in [0.15, 0.2) is 5.76 Å². The molecular weight excluding hydrogens is 318 g/mol. The zero-order valence-electron chi connectivity index (χ0n) is 13.0. The Morgan fingerprint density at radius 2 is 2.00 bits per heavy atom. The average molecular weight is 333 g/mol. The van der Waals surface area contributed by atoms with Crippen LogP contribution in [0.1, 0.15) is 29.4 Å². The Kier molecular flexibility index (Phi) is 4.98. The summed E-state index contributed by atoms with van der Waals surface area (Å²) in [5.41, 5.74) is -0.286. The van der Waals surface area contributed by atoms with Crippen molar-refractivity contribution in [2.75, 3.05) is 7.11 Å². The summed E-state index contributed by atoms with van der Waals surface area (Å²) in [6.07, 6.45) is -0.200. The molecule has 2 rings (SSSR count). The molecule has 0 aliphatic heterocycles. The van der Waals surface area contributed by atoms with E-state index >= 15 is 0 Å². The van der Waals surface area contributed by atoms with Gasteiger partial charge in [-0.25, -0.2) is 0 Å². The highest BCUT2D eigenvalue weighted by molar-refractivity contribution is 5.71. The van der Waals surface area contributed by atoms with Crippen molar-refractivity contribution in [1.29, 1.82) is 0 Å². The van der Waals surface area contributed by atoms with E-state index in [2.05, 4.69) is 4.74 Å². The minimum Gasteiger partial charge on any atom is -0.502 e. The lowest BCUT2D eigenvalue weighted by atomic mass is 9.92. The first-order valence-electron chi connectivity index (χ1n) is 6.98. The summed E-state index contributed by atoms with van der Waals surface area (Å²) < 4.78 is 10.1. The molecule has 0 radical (unpaired) electrons. The molecule has 1 aromatic heterocycles. The van der Waals surface area contributed by atoms with Crippen LogP contribution in [0.25, 0.3) is 0 Å². The van der Waals surface area contributed by atoms with Crippen LogP contribution < -0.4 is 5.43 Å². The molecule has 0 bridgehead atoms. The van der Waals surface area contributed by atoms with Gasteiger partial charge in [0.05, 0.1) is 24.4 Å². The number of hydrogen-bond acceptors (Lipinski definition) is 7. The summed E-state index contributed by atoms with van der Waals surface area (Å²) in [4.78, 5) is 33.7. The minimum absolute atomic E-state index is 0.0840. The molecule has 0 fully saturated rings. The number of carbonyl (C=O) groups is 1. The summed E-state index contributed by atoms with van der Waals surface area (Å²) in [6, 6.07) is 6.54. The third-order valence-electron chi connectivity index (χ3n) is 3.49. The van der Waals surface area contributed by atoms with Crippen LogP contribution >= 0.6 is 0 Å². The second-order valence-corrected chi connectivity index (χ2v) is 5.12. The van der Waals surface area contributed by atoms with Gasteiger partial charge in [-0.15, -0.1) is 0 Å². The van der Waals surface area contributed by atoms with E-state index in [1.165, 1.54) is 38.3 Å². The molecular formula is C16H15NO7. The van der Waals surface area contributed by atoms with Gasteiger partial charge in [-0.3, -0.25) is 19.7 Å². The van der Waals surface area contributed by atoms with Gasteiger partial charge in [0, 0.05) is 18.2 Å². The summed E-state index contributed by atoms with van der Waals surface area (Å²) in [5.74, 6) is -1.82. The van der Waals surface area contributed by atoms with Gasteiger partial charge in [-0.05, 0) is 12.5 Å². The number of nitro benzene ring substituents is 1. The predicted octanol–water partition coefficient (Wildman–Crippen LogP) is 2.26. The lowest BCUT2D eigenvalue weighted by molar-refractivity contribution is -0.384. The SMILES string of the molecule is COC(=O)CC(c1ccc([N+](=O)[O-])cc1)c1oc(C)cc(=O)c1O. The van der Waals surface area contributed by atoms with E-state index in [9.17, 15) is 24.8 Å². The quantitative estimate of drug-likeness (QED) is 0.506. The van der Waals surface area contributed by atoms with E-state index in [4.69, 9.17) is 4.42 Å². The molecule has 1 aromatic carbocycles. The van der Waals surface area contributed by atoms with Crippen LogP contribution in [-0.2, 0) is 9.53 Å². The molecule has 2 aromatic rings. The molecule has 0 saturated carbocycles. The van der Waals surface area contributed by atoms with Gasteiger partial charge in [0.2, 0.25) is 11.2 Å². The van der Waals surface area contributed by atoms with E-state index in [0.29, 0.717) is 5.56 Å². The van der Waals surface area contributed by atoms with E-state index in [0.717, 1.165) is 6.07 Å². The van der Waals surface area contributed by atoms with Crippen LogP contribution in [0.3, 0.4) is 0 Å². The zero-order chi connectivity index (χ0) is 17.9. The van der Waals surface area contributed by atoms with Crippen LogP contribution in [0.15, 0.2) is 39.5 Å². The maximum atomic E-state index is 11.8. The van der Waals surface area contributed by atoms with E-state index in [1.54, 1.807) is 0 Å². The van der Waals surface area contributed by atoms with Gasteiger partial charge in [0.1, 0.15) is 5.76 Å². The van der Waals surface area contributed by atoms with Gasteiger partial charge >= 0.3 is 5.97 Å². The van der Waals surface area contributed by atoms with Crippen molar-refractivity contribution in [3.05, 3.63) is 67.8 Å². The topological polar surface area (TPSA) is 120 Å². The second-order valence-electron chi connectivity index (χ2n) is 5.12. The molecule has 1 atom stereocenters. The molecule has 8 nitrogen and oxygen atoms in total. The molecule has 1 heterocycles. The van der Waals surface area contributed by atoms with Gasteiger partial charge in [-0.2, -0.15) is 0 Å². The normalized spacial score (nSPS) is 11.8. The first kappa shape index (κ1) is 17.2. The molecule has 0 saturated heterocycles. The lowest BCUT2D eigenvalue weighted by Gasteiger charge is -2.16. The lowest BCUT2D eigenvalue weighted by Crippen LogP contribution is -2.13. The number of nitrogens with zero attached hydrogens (tertiary/aromatic N) is 1. The van der Waals surface area contributed by atoms with Crippen molar-refractivity contribution in [3.63, 3.8) is 0 Å². The maximum Gasteiger partial charge on any atom is 0.306 e. The highest BCUT2D eigenvalue weighted by atomic mass is 16.6. The molecule has 24 heavy (non-hydrogen) atoms. The molecule has 1 unspecified atom stereocenters. The highest BCUT2D eigenvalue weighted by Crippen LogP contribution is 2.33. The van der Waals surface area contributed by atoms with Gasteiger partial charge in [0.25, 0.3) is 5.69 Å². The van der Waals surface area contributed by atoms with Crippen molar-refractivity contribution in [2.45, 2.75) is 19.3 Å².